The summed E-state index contributed by atoms with van der Waals surface area (Å²) in [5, 5.41) is 0. The highest BCUT2D eigenvalue weighted by Crippen LogP contribution is 2.33. The van der Waals surface area contributed by atoms with Crippen LogP contribution in [0.15, 0.2) is 0 Å². The molecule has 1 aromatic heterocycles. The molecule has 4 rings (SSSR count). The number of fused-ring (bicyclic) bond motifs is 1. The van der Waals surface area contributed by atoms with Gasteiger partial charge in [-0.15, -0.1) is 0 Å². The van der Waals surface area contributed by atoms with Crippen molar-refractivity contribution in [3.05, 3.63) is 5.82 Å². The average Bonchev–Trinajstić information content (AvgIpc) is 3.08. The fourth-order valence-electron chi connectivity index (χ4n) is 3.80. The van der Waals surface area contributed by atoms with Crippen molar-refractivity contribution >= 4 is 11.9 Å². The number of morpholine rings is 1. The van der Waals surface area contributed by atoms with Crippen LogP contribution >= 0.6 is 0 Å². The molecule has 3 heterocycles. The van der Waals surface area contributed by atoms with Gasteiger partial charge < -0.3 is 20.1 Å². The monoisotopic (exact) mass is 305 g/mol. The first-order chi connectivity index (χ1) is 10.8. The first-order valence-corrected chi connectivity index (χ1v) is 8.29. The summed E-state index contributed by atoms with van der Waals surface area (Å²) in [4.78, 5) is 15.7. The van der Waals surface area contributed by atoms with Gasteiger partial charge in [0.15, 0.2) is 0 Å². The third kappa shape index (κ3) is 2.63. The van der Waals surface area contributed by atoms with Gasteiger partial charge in [-0.05, 0) is 19.3 Å². The molecule has 0 unspecified atom stereocenters. The molecule has 7 nitrogen and oxygen atoms in total. The summed E-state index contributed by atoms with van der Waals surface area (Å²) >= 11 is 0. The van der Waals surface area contributed by atoms with Crippen molar-refractivity contribution in [1.82, 2.24) is 15.0 Å². The summed E-state index contributed by atoms with van der Waals surface area (Å²) < 4.78 is 11.5. The number of hydrogen-bond donors (Lipinski definition) is 1. The van der Waals surface area contributed by atoms with Crippen molar-refractivity contribution in [1.29, 1.82) is 0 Å². The second-order valence-corrected chi connectivity index (χ2v) is 6.37. The van der Waals surface area contributed by atoms with Gasteiger partial charge in [-0.2, -0.15) is 15.0 Å². The largest absolute Gasteiger partial charge is 0.379 e. The summed E-state index contributed by atoms with van der Waals surface area (Å²) in [5.41, 5.74) is 5.95. The maximum Gasteiger partial charge on any atom is 0.230 e. The molecule has 3 fully saturated rings. The quantitative estimate of drug-likeness (QED) is 0.875. The lowest BCUT2D eigenvalue weighted by molar-refractivity contribution is -0.0658. The molecule has 22 heavy (non-hydrogen) atoms. The van der Waals surface area contributed by atoms with Crippen LogP contribution < -0.4 is 10.6 Å². The highest BCUT2D eigenvalue weighted by molar-refractivity contribution is 5.38. The predicted octanol–water partition coefficient (Wildman–Crippen LogP) is 1.11. The smallest absolute Gasteiger partial charge is 0.230 e. The second kappa shape index (κ2) is 5.96. The minimum atomic E-state index is 0.181. The molecule has 1 aromatic rings. The average molecular weight is 305 g/mol. The van der Waals surface area contributed by atoms with Crippen LogP contribution in [0.1, 0.15) is 43.8 Å². The van der Waals surface area contributed by atoms with Crippen LogP contribution in [0.5, 0.6) is 0 Å². The van der Waals surface area contributed by atoms with Crippen molar-refractivity contribution in [2.45, 2.75) is 50.2 Å². The summed E-state index contributed by atoms with van der Waals surface area (Å²) in [6.07, 6.45) is 5.94. The lowest BCUT2D eigenvalue weighted by atomic mass is 10.0. The lowest BCUT2D eigenvalue weighted by Gasteiger charge is -2.43. The third-order valence-electron chi connectivity index (χ3n) is 4.96. The molecule has 2 atom stereocenters. The number of ether oxygens (including phenoxy) is 2. The zero-order chi connectivity index (χ0) is 14.9. The van der Waals surface area contributed by atoms with Crippen LogP contribution in [0, 0.1) is 0 Å². The van der Waals surface area contributed by atoms with Gasteiger partial charge in [0.2, 0.25) is 11.9 Å². The van der Waals surface area contributed by atoms with Crippen molar-refractivity contribution in [2.24, 2.45) is 0 Å². The fraction of sp³-hybridized carbons (Fsp3) is 0.800. The molecule has 2 N–H and O–H groups in total. The topological polar surface area (TPSA) is 86.4 Å². The van der Waals surface area contributed by atoms with Gasteiger partial charge in [-0.1, -0.05) is 12.8 Å². The van der Waals surface area contributed by atoms with E-state index in [-0.39, 0.29) is 12.1 Å². The summed E-state index contributed by atoms with van der Waals surface area (Å²) in [6.45, 7) is 2.90. The Hall–Kier alpha value is -1.47. The Morgan fingerprint density at radius 2 is 1.91 bits per heavy atom. The van der Waals surface area contributed by atoms with Crippen molar-refractivity contribution < 1.29 is 9.47 Å². The number of anilines is 2. The van der Waals surface area contributed by atoms with Gasteiger partial charge in [0.25, 0.3) is 0 Å². The Labute approximate surface area is 130 Å². The Bertz CT molecular complexity index is 533. The molecule has 0 bridgehead atoms. The second-order valence-electron chi connectivity index (χ2n) is 6.37. The zero-order valence-electron chi connectivity index (χ0n) is 12.8. The minimum Gasteiger partial charge on any atom is -0.379 e. The highest BCUT2D eigenvalue weighted by Gasteiger charge is 2.37. The van der Waals surface area contributed by atoms with Crippen LogP contribution in [-0.2, 0) is 9.47 Å². The summed E-state index contributed by atoms with van der Waals surface area (Å²) in [5.74, 6) is 2.31. The van der Waals surface area contributed by atoms with E-state index in [0.717, 1.165) is 38.2 Å². The normalized spacial score (nSPS) is 29.5. The number of nitrogens with two attached hydrogens (primary N) is 1. The Balaban J connectivity index is 1.62. The van der Waals surface area contributed by atoms with E-state index in [1.807, 2.05) is 0 Å². The van der Waals surface area contributed by atoms with Crippen molar-refractivity contribution in [3.63, 3.8) is 0 Å². The van der Waals surface area contributed by atoms with E-state index in [0.29, 0.717) is 31.0 Å². The van der Waals surface area contributed by atoms with Crippen LogP contribution in [0.4, 0.5) is 11.9 Å². The Kier molecular flexibility index (Phi) is 3.83. The number of nitrogens with zero attached hydrogens (tertiary/aromatic N) is 4. The standard InChI is InChI=1S/C15H23N5O2/c16-14-17-13(10-3-1-2-4-10)18-15(19-14)20-6-8-22-12-5-7-21-9-11(12)20/h10-12H,1-9H2,(H2,16,17,18,19)/t11-,12-/m1/s1. The first kappa shape index (κ1) is 14.1. The van der Waals surface area contributed by atoms with Crippen molar-refractivity contribution in [3.8, 4) is 0 Å². The zero-order valence-corrected chi connectivity index (χ0v) is 12.8. The molecule has 120 valence electrons. The maximum atomic E-state index is 5.95. The first-order valence-electron chi connectivity index (χ1n) is 8.29. The van der Waals surface area contributed by atoms with Crippen LogP contribution in [0.3, 0.4) is 0 Å². The molecule has 3 aliphatic rings. The Morgan fingerprint density at radius 1 is 1.05 bits per heavy atom. The highest BCUT2D eigenvalue weighted by atomic mass is 16.5. The van der Waals surface area contributed by atoms with Crippen LogP contribution in [-0.4, -0.2) is 53.5 Å². The van der Waals surface area contributed by atoms with E-state index in [4.69, 9.17) is 20.2 Å². The number of rotatable bonds is 2. The van der Waals surface area contributed by atoms with Gasteiger partial charge in [0.05, 0.1) is 25.4 Å². The molecule has 2 saturated heterocycles. The van der Waals surface area contributed by atoms with E-state index < -0.39 is 0 Å². The molecule has 0 aromatic carbocycles. The lowest BCUT2D eigenvalue weighted by Crippen LogP contribution is -2.56. The summed E-state index contributed by atoms with van der Waals surface area (Å²) in [6, 6.07) is 0.181. The molecular formula is C15H23N5O2. The Morgan fingerprint density at radius 3 is 2.77 bits per heavy atom. The van der Waals surface area contributed by atoms with E-state index in [1.165, 1.54) is 12.8 Å². The number of nitrogen functional groups attached to an aromatic ring is 1. The minimum absolute atomic E-state index is 0.181. The van der Waals surface area contributed by atoms with Gasteiger partial charge in [-0.25, -0.2) is 0 Å². The van der Waals surface area contributed by atoms with Gasteiger partial charge >= 0.3 is 0 Å². The molecule has 0 spiro atoms. The molecule has 2 aliphatic heterocycles. The van der Waals surface area contributed by atoms with Gasteiger partial charge in [0, 0.05) is 19.1 Å². The molecular weight excluding hydrogens is 282 g/mol. The van der Waals surface area contributed by atoms with E-state index >= 15 is 0 Å². The predicted molar refractivity (Wildman–Crippen MR) is 81.8 cm³/mol. The molecule has 0 radical (unpaired) electrons. The molecule has 1 aliphatic carbocycles. The number of aromatic nitrogens is 3. The van der Waals surface area contributed by atoms with Crippen LogP contribution in [0.25, 0.3) is 0 Å². The van der Waals surface area contributed by atoms with Crippen LogP contribution in [0.2, 0.25) is 0 Å². The number of hydrogen-bond acceptors (Lipinski definition) is 7. The maximum absolute atomic E-state index is 5.95. The van der Waals surface area contributed by atoms with E-state index in [9.17, 15) is 0 Å². The van der Waals surface area contributed by atoms with E-state index in [1.54, 1.807) is 0 Å². The SMILES string of the molecule is Nc1nc(C2CCCC2)nc(N2CCO[C@@H]3CCOC[C@H]32)n1. The molecule has 0 amide bonds. The van der Waals surface area contributed by atoms with Crippen molar-refractivity contribution in [2.75, 3.05) is 37.0 Å². The van der Waals surface area contributed by atoms with Gasteiger partial charge in [-0.3, -0.25) is 0 Å². The summed E-state index contributed by atoms with van der Waals surface area (Å²) in [7, 11) is 0. The van der Waals surface area contributed by atoms with E-state index in [2.05, 4.69) is 14.9 Å². The fourth-order valence-corrected chi connectivity index (χ4v) is 3.80. The third-order valence-corrected chi connectivity index (χ3v) is 4.96. The molecule has 1 saturated carbocycles. The van der Waals surface area contributed by atoms with Gasteiger partial charge in [0.1, 0.15) is 5.82 Å². The molecule has 7 heteroatoms.